The first-order chi connectivity index (χ1) is 9.35. The summed E-state index contributed by atoms with van der Waals surface area (Å²) in [7, 11) is 3.31. The first-order valence-electron chi connectivity index (χ1n) is 5.71. The SMILES string of the molecule is CNCC(COC)Oc1ccc(OC(F)(F)F)c(Br)c1. The molecule has 20 heavy (non-hydrogen) atoms. The number of rotatable bonds is 7. The van der Waals surface area contributed by atoms with Crippen molar-refractivity contribution in [2.75, 3.05) is 27.3 Å². The Morgan fingerprint density at radius 3 is 2.55 bits per heavy atom. The lowest BCUT2D eigenvalue weighted by molar-refractivity contribution is -0.274. The summed E-state index contributed by atoms with van der Waals surface area (Å²) in [6.07, 6.45) is -4.97. The van der Waals surface area contributed by atoms with Crippen LogP contribution in [0.4, 0.5) is 13.2 Å². The van der Waals surface area contributed by atoms with E-state index < -0.39 is 6.36 Å². The highest BCUT2D eigenvalue weighted by atomic mass is 79.9. The fraction of sp³-hybridized carbons (Fsp3) is 0.500. The molecule has 0 aromatic heterocycles. The predicted octanol–water partition coefficient (Wildman–Crippen LogP) is 2.96. The van der Waals surface area contributed by atoms with E-state index in [1.54, 1.807) is 14.2 Å². The number of hydrogen-bond acceptors (Lipinski definition) is 4. The summed E-state index contributed by atoms with van der Waals surface area (Å²) < 4.78 is 51.0. The lowest BCUT2D eigenvalue weighted by atomic mass is 10.3. The standard InChI is InChI=1S/C12H15BrF3NO3/c1-17-6-9(7-18-2)19-8-3-4-11(10(13)5-8)20-12(14,15)16/h3-5,9,17H,6-7H2,1-2H3. The number of halogens is 4. The molecule has 0 fully saturated rings. The van der Waals surface area contributed by atoms with Gasteiger partial charge in [-0.1, -0.05) is 0 Å². The molecule has 1 rings (SSSR count). The van der Waals surface area contributed by atoms with E-state index >= 15 is 0 Å². The molecule has 0 radical (unpaired) electrons. The van der Waals surface area contributed by atoms with Crippen LogP contribution in [0.3, 0.4) is 0 Å². The number of alkyl halides is 3. The van der Waals surface area contributed by atoms with Crippen LogP contribution < -0.4 is 14.8 Å². The zero-order valence-electron chi connectivity index (χ0n) is 11.0. The number of likely N-dealkylation sites (N-methyl/N-ethyl adjacent to an activating group) is 1. The van der Waals surface area contributed by atoms with Gasteiger partial charge in [0.2, 0.25) is 0 Å². The maximum absolute atomic E-state index is 12.1. The summed E-state index contributed by atoms with van der Waals surface area (Å²) in [5, 5.41) is 2.94. The van der Waals surface area contributed by atoms with E-state index in [4.69, 9.17) is 9.47 Å². The summed E-state index contributed by atoms with van der Waals surface area (Å²) in [6.45, 7) is 0.908. The highest BCUT2D eigenvalue weighted by Crippen LogP contribution is 2.33. The summed E-state index contributed by atoms with van der Waals surface area (Å²) >= 11 is 3.02. The van der Waals surface area contributed by atoms with Gasteiger partial charge in [-0.3, -0.25) is 0 Å². The Morgan fingerprint density at radius 1 is 1.35 bits per heavy atom. The van der Waals surface area contributed by atoms with E-state index in [1.165, 1.54) is 18.2 Å². The average Bonchev–Trinajstić information content (AvgIpc) is 2.32. The molecule has 1 N–H and O–H groups in total. The maximum atomic E-state index is 12.1. The van der Waals surface area contributed by atoms with Gasteiger partial charge < -0.3 is 19.5 Å². The van der Waals surface area contributed by atoms with Crippen molar-refractivity contribution in [2.45, 2.75) is 12.5 Å². The van der Waals surface area contributed by atoms with Crippen LogP contribution >= 0.6 is 15.9 Å². The van der Waals surface area contributed by atoms with Crippen molar-refractivity contribution in [3.8, 4) is 11.5 Å². The molecule has 0 amide bonds. The summed E-state index contributed by atoms with van der Waals surface area (Å²) in [4.78, 5) is 0. The summed E-state index contributed by atoms with van der Waals surface area (Å²) in [5.41, 5.74) is 0. The monoisotopic (exact) mass is 357 g/mol. The number of nitrogens with one attached hydrogen (secondary N) is 1. The van der Waals surface area contributed by atoms with Crippen LogP contribution in [0.5, 0.6) is 11.5 Å². The van der Waals surface area contributed by atoms with Gasteiger partial charge in [0, 0.05) is 13.7 Å². The quantitative estimate of drug-likeness (QED) is 0.814. The minimum atomic E-state index is -4.73. The fourth-order valence-electron chi connectivity index (χ4n) is 1.50. The molecule has 0 aliphatic rings. The molecule has 0 bridgehead atoms. The Bertz CT molecular complexity index is 423. The van der Waals surface area contributed by atoms with Crippen molar-refractivity contribution in [3.63, 3.8) is 0 Å². The normalized spacial score (nSPS) is 13.1. The van der Waals surface area contributed by atoms with Crippen LogP contribution in [-0.4, -0.2) is 39.8 Å². The Balaban J connectivity index is 2.75. The molecular weight excluding hydrogens is 343 g/mol. The second kappa shape index (κ2) is 7.70. The molecule has 1 aromatic carbocycles. The molecule has 0 spiro atoms. The van der Waals surface area contributed by atoms with Crippen molar-refractivity contribution in [2.24, 2.45) is 0 Å². The summed E-state index contributed by atoms with van der Waals surface area (Å²) in [5.74, 6) is 0.102. The van der Waals surface area contributed by atoms with E-state index in [0.717, 1.165) is 0 Å². The molecule has 114 valence electrons. The minimum Gasteiger partial charge on any atom is -0.487 e. The predicted molar refractivity (Wildman–Crippen MR) is 71.0 cm³/mol. The van der Waals surface area contributed by atoms with E-state index in [-0.39, 0.29) is 16.3 Å². The van der Waals surface area contributed by atoms with Crippen molar-refractivity contribution in [1.82, 2.24) is 5.32 Å². The highest BCUT2D eigenvalue weighted by molar-refractivity contribution is 9.10. The van der Waals surface area contributed by atoms with Crippen LogP contribution in [0, 0.1) is 0 Å². The van der Waals surface area contributed by atoms with Gasteiger partial charge in [0.15, 0.2) is 0 Å². The van der Waals surface area contributed by atoms with Gasteiger partial charge in [-0.2, -0.15) is 0 Å². The third-order valence-electron chi connectivity index (χ3n) is 2.22. The minimum absolute atomic E-state index is 0.160. The van der Waals surface area contributed by atoms with Crippen LogP contribution in [0.2, 0.25) is 0 Å². The lowest BCUT2D eigenvalue weighted by Crippen LogP contribution is -2.33. The van der Waals surface area contributed by atoms with Gasteiger partial charge in [0.25, 0.3) is 0 Å². The first kappa shape index (κ1) is 17.1. The van der Waals surface area contributed by atoms with E-state index in [9.17, 15) is 13.2 Å². The highest BCUT2D eigenvalue weighted by Gasteiger charge is 2.32. The molecule has 1 aromatic rings. The summed E-state index contributed by atoms with van der Waals surface area (Å²) in [6, 6.07) is 4.01. The largest absolute Gasteiger partial charge is 0.573 e. The zero-order chi connectivity index (χ0) is 15.2. The molecule has 0 aliphatic heterocycles. The number of methoxy groups -OCH3 is 1. The van der Waals surface area contributed by atoms with Crippen LogP contribution in [0.1, 0.15) is 0 Å². The molecule has 0 saturated heterocycles. The number of hydrogen-bond donors (Lipinski definition) is 1. The lowest BCUT2D eigenvalue weighted by Gasteiger charge is -2.19. The van der Waals surface area contributed by atoms with E-state index in [0.29, 0.717) is 18.9 Å². The Kier molecular flexibility index (Phi) is 6.57. The molecule has 1 atom stereocenters. The maximum Gasteiger partial charge on any atom is 0.573 e. The van der Waals surface area contributed by atoms with Gasteiger partial charge in [0.05, 0.1) is 11.1 Å². The van der Waals surface area contributed by atoms with Gasteiger partial charge in [-0.25, -0.2) is 0 Å². The Morgan fingerprint density at radius 2 is 2.05 bits per heavy atom. The van der Waals surface area contributed by atoms with Crippen molar-refractivity contribution < 1.29 is 27.4 Å². The van der Waals surface area contributed by atoms with Crippen LogP contribution in [0.15, 0.2) is 22.7 Å². The molecule has 8 heteroatoms. The van der Waals surface area contributed by atoms with Crippen molar-refractivity contribution in [1.29, 1.82) is 0 Å². The zero-order valence-corrected chi connectivity index (χ0v) is 12.5. The Labute approximate surface area is 123 Å². The first-order valence-corrected chi connectivity index (χ1v) is 6.50. The van der Waals surface area contributed by atoms with Gasteiger partial charge in [-0.05, 0) is 41.2 Å². The molecule has 0 heterocycles. The second-order valence-electron chi connectivity index (χ2n) is 3.89. The van der Waals surface area contributed by atoms with Crippen molar-refractivity contribution >= 4 is 15.9 Å². The molecule has 0 aliphatic carbocycles. The third-order valence-corrected chi connectivity index (χ3v) is 2.84. The fourth-order valence-corrected chi connectivity index (χ4v) is 1.94. The third kappa shape index (κ3) is 5.98. The van der Waals surface area contributed by atoms with Gasteiger partial charge in [-0.15, -0.1) is 13.2 Å². The molecule has 4 nitrogen and oxygen atoms in total. The second-order valence-corrected chi connectivity index (χ2v) is 4.75. The number of ether oxygens (including phenoxy) is 3. The molecular formula is C12H15BrF3NO3. The van der Waals surface area contributed by atoms with Gasteiger partial charge in [0.1, 0.15) is 17.6 Å². The Hall–Kier alpha value is -0.990. The van der Waals surface area contributed by atoms with E-state index in [2.05, 4.69) is 26.0 Å². The van der Waals surface area contributed by atoms with Gasteiger partial charge >= 0.3 is 6.36 Å². The number of benzene rings is 1. The topological polar surface area (TPSA) is 39.7 Å². The molecule has 1 unspecified atom stereocenters. The average molecular weight is 358 g/mol. The van der Waals surface area contributed by atoms with E-state index in [1.807, 2.05) is 0 Å². The van der Waals surface area contributed by atoms with Crippen LogP contribution in [0.25, 0.3) is 0 Å². The molecule has 0 saturated carbocycles. The van der Waals surface area contributed by atoms with Crippen LogP contribution in [-0.2, 0) is 4.74 Å². The smallest absolute Gasteiger partial charge is 0.487 e. The van der Waals surface area contributed by atoms with Crippen molar-refractivity contribution in [3.05, 3.63) is 22.7 Å².